The highest BCUT2D eigenvalue weighted by Crippen LogP contribution is 2.26. The van der Waals surface area contributed by atoms with Crippen molar-refractivity contribution < 1.29 is 19.0 Å². The number of fused-ring (bicyclic) bond motifs is 1. The molecular weight excluding hydrogens is 348 g/mol. The summed E-state index contributed by atoms with van der Waals surface area (Å²) in [5.74, 6) is 0.679. The van der Waals surface area contributed by atoms with Gasteiger partial charge in [-0.15, -0.1) is 0 Å². The van der Waals surface area contributed by atoms with Gasteiger partial charge in [0.05, 0.1) is 5.69 Å². The molecule has 0 unspecified atom stereocenters. The lowest BCUT2D eigenvalue weighted by atomic mass is 10.2. The highest BCUT2D eigenvalue weighted by molar-refractivity contribution is 5.76. The van der Waals surface area contributed by atoms with Crippen LogP contribution >= 0.6 is 0 Å². The van der Waals surface area contributed by atoms with Crippen molar-refractivity contribution in [3.8, 4) is 0 Å². The second-order valence-electron chi connectivity index (χ2n) is 7.09. The first-order valence-electron chi connectivity index (χ1n) is 9.28. The third kappa shape index (κ3) is 5.90. The molecule has 0 spiro atoms. The highest BCUT2D eigenvalue weighted by atomic mass is 16.7. The molecule has 1 N–H and O–H groups in total. The maximum absolute atomic E-state index is 11.9. The molecule has 1 amide bonds. The van der Waals surface area contributed by atoms with Gasteiger partial charge in [-0.1, -0.05) is 0 Å². The molecule has 0 saturated heterocycles. The predicted molar refractivity (Wildman–Crippen MR) is 102 cm³/mol. The number of rotatable bonds is 8. The van der Waals surface area contributed by atoms with Crippen LogP contribution in [0.2, 0.25) is 0 Å². The molecule has 0 atom stereocenters. The summed E-state index contributed by atoms with van der Waals surface area (Å²) in [6.45, 7) is 13.1. The van der Waals surface area contributed by atoms with Crippen molar-refractivity contribution in [1.82, 2.24) is 19.9 Å². The van der Waals surface area contributed by atoms with Crippen molar-refractivity contribution in [1.29, 1.82) is 0 Å². The molecule has 0 bridgehead atoms. The molecular formula is C19H30N4O4. The minimum atomic E-state index is -0.533. The molecule has 0 aliphatic heterocycles. The van der Waals surface area contributed by atoms with E-state index in [0.29, 0.717) is 32.1 Å². The molecule has 150 valence electrons. The fourth-order valence-electron chi connectivity index (χ4n) is 2.68. The summed E-state index contributed by atoms with van der Waals surface area (Å²) in [6.07, 6.45) is 0.835. The third-order valence-corrected chi connectivity index (χ3v) is 3.67. The molecule has 0 saturated carbocycles. The Labute approximate surface area is 160 Å². The van der Waals surface area contributed by atoms with Crippen molar-refractivity contribution in [2.24, 2.45) is 0 Å². The molecule has 8 heteroatoms. The molecule has 2 rings (SSSR count). The average molecular weight is 378 g/mol. The molecule has 2 heterocycles. The van der Waals surface area contributed by atoms with E-state index in [1.54, 1.807) is 6.20 Å². The van der Waals surface area contributed by atoms with E-state index in [-0.39, 0.29) is 0 Å². The quantitative estimate of drug-likeness (QED) is 0.709. The number of carbonyl (C=O) groups is 1. The van der Waals surface area contributed by atoms with E-state index in [1.165, 1.54) is 0 Å². The normalized spacial score (nSPS) is 12.0. The van der Waals surface area contributed by atoms with Crippen LogP contribution in [0.15, 0.2) is 12.3 Å². The van der Waals surface area contributed by atoms with Crippen LogP contribution < -0.4 is 5.32 Å². The Morgan fingerprint density at radius 1 is 1.26 bits per heavy atom. The van der Waals surface area contributed by atoms with E-state index < -0.39 is 18.0 Å². The lowest BCUT2D eigenvalue weighted by Gasteiger charge is -2.21. The number of hydrogen-bond acceptors (Lipinski definition) is 6. The van der Waals surface area contributed by atoms with Crippen LogP contribution in [0.5, 0.6) is 0 Å². The Bertz CT molecular complexity index is 761. The molecule has 27 heavy (non-hydrogen) atoms. The van der Waals surface area contributed by atoms with Crippen LogP contribution in [0.1, 0.15) is 52.4 Å². The standard InChI is InChI=1S/C19H30N4O4/c1-7-25-17(26-8-2)15-11-14-12-21-13(3)22-16(14)23(15)10-9-20-18(24)27-19(4,5)6/h11-12,17H,7-10H2,1-6H3,(H,20,24). The van der Waals surface area contributed by atoms with Crippen molar-refractivity contribution in [2.45, 2.75) is 60.0 Å². The molecule has 0 radical (unpaired) electrons. The van der Waals surface area contributed by atoms with E-state index >= 15 is 0 Å². The molecule has 0 aliphatic rings. The fraction of sp³-hybridized carbons (Fsp3) is 0.632. The Balaban J connectivity index is 2.25. The van der Waals surface area contributed by atoms with Gasteiger partial charge in [-0.3, -0.25) is 0 Å². The van der Waals surface area contributed by atoms with Gasteiger partial charge in [0.15, 0.2) is 6.29 Å². The summed E-state index contributed by atoms with van der Waals surface area (Å²) in [5, 5.41) is 3.68. The highest BCUT2D eigenvalue weighted by Gasteiger charge is 2.21. The first-order chi connectivity index (χ1) is 12.7. The van der Waals surface area contributed by atoms with Gasteiger partial charge >= 0.3 is 6.09 Å². The van der Waals surface area contributed by atoms with Crippen LogP contribution in [0.3, 0.4) is 0 Å². The number of carbonyl (C=O) groups excluding carboxylic acids is 1. The Hall–Kier alpha value is -2.19. The van der Waals surface area contributed by atoms with E-state index in [4.69, 9.17) is 14.2 Å². The van der Waals surface area contributed by atoms with Gasteiger partial charge < -0.3 is 24.1 Å². The van der Waals surface area contributed by atoms with E-state index in [0.717, 1.165) is 16.7 Å². The summed E-state index contributed by atoms with van der Waals surface area (Å²) in [7, 11) is 0. The van der Waals surface area contributed by atoms with Crippen LogP contribution in [-0.4, -0.2) is 46.0 Å². The zero-order chi connectivity index (χ0) is 20.0. The van der Waals surface area contributed by atoms with Crippen LogP contribution in [-0.2, 0) is 20.8 Å². The first-order valence-corrected chi connectivity index (χ1v) is 9.28. The Morgan fingerprint density at radius 2 is 1.93 bits per heavy atom. The number of hydrogen-bond donors (Lipinski definition) is 1. The summed E-state index contributed by atoms with van der Waals surface area (Å²) in [6, 6.07) is 1.97. The van der Waals surface area contributed by atoms with E-state index in [1.807, 2.05) is 52.2 Å². The summed E-state index contributed by atoms with van der Waals surface area (Å²) in [4.78, 5) is 20.7. The smallest absolute Gasteiger partial charge is 0.407 e. The largest absolute Gasteiger partial charge is 0.444 e. The maximum atomic E-state index is 11.9. The van der Waals surface area contributed by atoms with Crippen LogP contribution in [0.4, 0.5) is 4.79 Å². The number of nitrogens with zero attached hydrogens (tertiary/aromatic N) is 3. The lowest BCUT2D eigenvalue weighted by Crippen LogP contribution is -2.34. The van der Waals surface area contributed by atoms with Crippen LogP contribution in [0.25, 0.3) is 11.0 Å². The molecule has 0 aliphatic carbocycles. The topological polar surface area (TPSA) is 87.5 Å². The van der Waals surface area contributed by atoms with E-state index in [9.17, 15) is 4.79 Å². The number of amides is 1. The molecule has 0 fully saturated rings. The molecule has 2 aromatic heterocycles. The van der Waals surface area contributed by atoms with Gasteiger partial charge in [-0.2, -0.15) is 0 Å². The summed E-state index contributed by atoms with van der Waals surface area (Å²) >= 11 is 0. The van der Waals surface area contributed by atoms with Crippen molar-refractivity contribution >= 4 is 17.1 Å². The first kappa shape index (κ1) is 21.1. The summed E-state index contributed by atoms with van der Waals surface area (Å²) in [5.41, 5.74) is 1.10. The van der Waals surface area contributed by atoms with Gasteiger partial charge in [0, 0.05) is 37.9 Å². The molecule has 8 nitrogen and oxygen atoms in total. The van der Waals surface area contributed by atoms with Crippen molar-refractivity contribution in [3.05, 3.63) is 23.8 Å². The maximum Gasteiger partial charge on any atom is 0.407 e. The second kappa shape index (κ2) is 9.14. The Kier molecular flexibility index (Phi) is 7.15. The van der Waals surface area contributed by atoms with Gasteiger partial charge in [-0.25, -0.2) is 14.8 Å². The molecule has 0 aromatic carbocycles. The Morgan fingerprint density at radius 3 is 2.52 bits per heavy atom. The van der Waals surface area contributed by atoms with Gasteiger partial charge in [0.25, 0.3) is 0 Å². The van der Waals surface area contributed by atoms with Gasteiger partial charge in [0.1, 0.15) is 17.1 Å². The second-order valence-corrected chi connectivity index (χ2v) is 7.09. The third-order valence-electron chi connectivity index (χ3n) is 3.67. The lowest BCUT2D eigenvalue weighted by molar-refractivity contribution is -0.144. The van der Waals surface area contributed by atoms with E-state index in [2.05, 4.69) is 15.3 Å². The zero-order valence-electron chi connectivity index (χ0n) is 17.0. The monoisotopic (exact) mass is 378 g/mol. The fourth-order valence-corrected chi connectivity index (χ4v) is 2.68. The number of aromatic nitrogens is 3. The van der Waals surface area contributed by atoms with Gasteiger partial charge in [-0.05, 0) is 47.6 Å². The summed E-state index contributed by atoms with van der Waals surface area (Å²) < 4.78 is 18.8. The molecule has 2 aromatic rings. The number of ether oxygens (including phenoxy) is 3. The number of alkyl carbamates (subject to hydrolysis) is 1. The van der Waals surface area contributed by atoms with Crippen molar-refractivity contribution in [2.75, 3.05) is 19.8 Å². The zero-order valence-corrected chi connectivity index (χ0v) is 17.0. The predicted octanol–water partition coefficient (Wildman–Crippen LogP) is 3.34. The van der Waals surface area contributed by atoms with Crippen molar-refractivity contribution in [3.63, 3.8) is 0 Å². The number of aryl methyl sites for hydroxylation is 1. The minimum absolute atomic E-state index is 0.389. The minimum Gasteiger partial charge on any atom is -0.444 e. The van der Waals surface area contributed by atoms with Gasteiger partial charge in [0.2, 0.25) is 0 Å². The number of nitrogens with one attached hydrogen (secondary N) is 1. The average Bonchev–Trinajstić information content (AvgIpc) is 2.91. The SMILES string of the molecule is CCOC(OCC)c1cc2cnc(C)nc2n1CCNC(=O)OC(C)(C)C. The van der Waals surface area contributed by atoms with Crippen LogP contribution in [0, 0.1) is 6.92 Å².